The fourth-order valence-corrected chi connectivity index (χ4v) is 7.05. The fraction of sp³-hybridized carbons (Fsp3) is 0.568. The number of hydrogen-bond donors (Lipinski definition) is 3. The van der Waals surface area contributed by atoms with Crippen molar-refractivity contribution in [1.29, 1.82) is 0 Å². The highest BCUT2D eigenvalue weighted by Crippen LogP contribution is 2.35. The van der Waals surface area contributed by atoms with E-state index in [0.29, 0.717) is 29.9 Å². The molecule has 4 atom stereocenters. The molecule has 1 saturated heterocycles. The quantitative estimate of drug-likeness (QED) is 0.159. The molecule has 2 aromatic rings. The number of rotatable bonds is 16. The highest BCUT2D eigenvalue weighted by molar-refractivity contribution is 6.07. The summed E-state index contributed by atoms with van der Waals surface area (Å²) in [5, 5.41) is 29.5. The lowest BCUT2D eigenvalue weighted by atomic mass is 9.76. The van der Waals surface area contributed by atoms with Gasteiger partial charge >= 0.3 is 0 Å². The van der Waals surface area contributed by atoms with E-state index < -0.39 is 0 Å². The monoisotopic (exact) mass is 619 g/mol. The lowest BCUT2D eigenvalue weighted by Gasteiger charge is -2.37. The molecule has 45 heavy (non-hydrogen) atoms. The van der Waals surface area contributed by atoms with E-state index in [4.69, 9.17) is 9.84 Å². The van der Waals surface area contributed by atoms with Crippen LogP contribution in [0.2, 0.25) is 0 Å². The van der Waals surface area contributed by atoms with E-state index in [9.17, 15) is 19.4 Å². The molecule has 3 N–H and O–H groups in total. The minimum atomic E-state index is -0.145. The number of aryl methyl sites for hydroxylation is 2. The number of hydrazone groups is 1. The molecule has 3 unspecified atom stereocenters. The number of unbranched alkanes of at least 4 members (excludes halogenated alkanes) is 2. The van der Waals surface area contributed by atoms with Crippen molar-refractivity contribution in [2.45, 2.75) is 103 Å². The minimum Gasteiger partial charge on any atom is -0.392 e. The van der Waals surface area contributed by atoms with E-state index in [1.165, 1.54) is 0 Å². The van der Waals surface area contributed by atoms with E-state index in [1.54, 1.807) is 11.1 Å². The molecule has 5 rings (SSSR count). The van der Waals surface area contributed by atoms with E-state index in [1.807, 2.05) is 37.3 Å². The number of allylic oxidation sites excluding steroid dienone is 2. The molecular formula is C37H50FN3O4. The van der Waals surface area contributed by atoms with Crippen LogP contribution in [-0.2, 0) is 29.2 Å². The Hall–Kier alpha value is -2.91. The van der Waals surface area contributed by atoms with Crippen LogP contribution >= 0.6 is 0 Å². The highest BCUT2D eigenvalue weighted by atomic mass is 19.1. The first kappa shape index (κ1) is 33.5. The van der Waals surface area contributed by atoms with Crippen LogP contribution in [0.5, 0.6) is 0 Å². The summed E-state index contributed by atoms with van der Waals surface area (Å²) in [6, 6.07) is 11.0. The number of carbonyl (C=O) groups is 1. The molecule has 2 aromatic carbocycles. The molecule has 1 fully saturated rings. The second kappa shape index (κ2) is 16.6. The normalized spacial score (nSPS) is 23.0. The molecule has 7 nitrogen and oxygen atoms in total. The number of benzene rings is 2. The van der Waals surface area contributed by atoms with Gasteiger partial charge < -0.3 is 20.3 Å². The zero-order valence-electron chi connectivity index (χ0n) is 26.7. The Balaban J connectivity index is 0.993. The first-order chi connectivity index (χ1) is 22.0. The van der Waals surface area contributed by atoms with E-state index in [0.717, 1.165) is 106 Å². The van der Waals surface area contributed by atoms with E-state index in [-0.39, 0.29) is 36.8 Å². The maximum Gasteiger partial charge on any atom is 0.246 e. The maximum absolute atomic E-state index is 14.0. The predicted molar refractivity (Wildman–Crippen MR) is 175 cm³/mol. The number of nitrogens with one attached hydrogen (secondary N) is 1. The molecule has 2 heterocycles. The topological polar surface area (TPSA) is 94.4 Å². The summed E-state index contributed by atoms with van der Waals surface area (Å²) in [7, 11) is 0. The second-order valence-corrected chi connectivity index (χ2v) is 12.9. The van der Waals surface area contributed by atoms with E-state index >= 15 is 0 Å². The zero-order valence-corrected chi connectivity index (χ0v) is 26.7. The van der Waals surface area contributed by atoms with Crippen molar-refractivity contribution in [1.82, 2.24) is 10.3 Å². The third-order valence-electron chi connectivity index (χ3n) is 9.66. The average molecular weight is 620 g/mol. The Morgan fingerprint density at radius 2 is 1.67 bits per heavy atom. The van der Waals surface area contributed by atoms with Gasteiger partial charge in [0.15, 0.2) is 0 Å². The van der Waals surface area contributed by atoms with Gasteiger partial charge in [0.1, 0.15) is 5.82 Å². The van der Waals surface area contributed by atoms with Crippen LogP contribution in [0.15, 0.2) is 53.7 Å². The molecule has 1 amide bonds. The van der Waals surface area contributed by atoms with Gasteiger partial charge in [-0.15, -0.1) is 0 Å². The van der Waals surface area contributed by atoms with Gasteiger partial charge in [0, 0.05) is 12.5 Å². The second-order valence-electron chi connectivity index (χ2n) is 12.9. The molecule has 3 aliphatic rings. The molecule has 0 spiro atoms. The van der Waals surface area contributed by atoms with Crippen LogP contribution in [0.1, 0.15) is 92.0 Å². The van der Waals surface area contributed by atoms with Crippen molar-refractivity contribution in [2.24, 2.45) is 16.9 Å². The first-order valence-corrected chi connectivity index (χ1v) is 17.0. The minimum absolute atomic E-state index is 0.0387. The van der Waals surface area contributed by atoms with Crippen LogP contribution < -0.4 is 5.32 Å². The SMILES string of the molecule is Cc1ccc(F)c(CCCC2CCC(CCNCCCCCN3N=C(c4ccc(CO)c(CO)c4)C4CC=CC[C@H]4C3=O)O2)c1. The summed E-state index contributed by atoms with van der Waals surface area (Å²) < 4.78 is 20.3. The number of carbonyl (C=O) groups excluding carboxylic acids is 1. The molecule has 2 aliphatic heterocycles. The number of aliphatic hydroxyl groups is 2. The fourth-order valence-electron chi connectivity index (χ4n) is 7.05. The first-order valence-electron chi connectivity index (χ1n) is 17.0. The summed E-state index contributed by atoms with van der Waals surface area (Å²) >= 11 is 0. The number of hydrogen-bond acceptors (Lipinski definition) is 6. The lowest BCUT2D eigenvalue weighted by Crippen LogP contribution is -2.45. The summed E-state index contributed by atoms with van der Waals surface area (Å²) in [6.45, 7) is 4.22. The third-order valence-corrected chi connectivity index (χ3v) is 9.66. The molecule has 0 aromatic heterocycles. The summed E-state index contributed by atoms with van der Waals surface area (Å²) in [5.74, 6) is -0.0587. The highest BCUT2D eigenvalue weighted by Gasteiger charge is 2.39. The number of aliphatic hydroxyl groups excluding tert-OH is 2. The smallest absolute Gasteiger partial charge is 0.246 e. The summed E-state index contributed by atoms with van der Waals surface area (Å²) in [4.78, 5) is 13.3. The van der Waals surface area contributed by atoms with Gasteiger partial charge in [0.2, 0.25) is 5.91 Å². The molecule has 1 aliphatic carbocycles. The number of ether oxygens (including phenoxy) is 1. The van der Waals surface area contributed by atoms with Crippen molar-refractivity contribution in [3.05, 3.63) is 82.2 Å². The molecule has 0 saturated carbocycles. The van der Waals surface area contributed by atoms with Gasteiger partial charge in [0.05, 0.1) is 37.1 Å². The number of amides is 1. The van der Waals surface area contributed by atoms with Crippen molar-refractivity contribution >= 4 is 11.6 Å². The van der Waals surface area contributed by atoms with Crippen molar-refractivity contribution < 1.29 is 24.1 Å². The van der Waals surface area contributed by atoms with E-state index in [2.05, 4.69) is 17.5 Å². The Bertz CT molecular complexity index is 1340. The Morgan fingerprint density at radius 1 is 0.889 bits per heavy atom. The van der Waals surface area contributed by atoms with Gasteiger partial charge in [-0.05, 0) is 119 Å². The summed E-state index contributed by atoms with van der Waals surface area (Å²) in [5.41, 5.74) is 5.14. The molecule has 0 bridgehead atoms. The third kappa shape index (κ3) is 8.88. The Labute approximate surface area is 267 Å². The van der Waals surface area contributed by atoms with Crippen LogP contribution in [0.25, 0.3) is 0 Å². The van der Waals surface area contributed by atoms with Crippen LogP contribution in [0.4, 0.5) is 4.39 Å². The lowest BCUT2D eigenvalue weighted by molar-refractivity contribution is -0.137. The standard InChI is InChI=1S/C37H50FN3O4/c1-26-12-17-35(38)27(22-26)8-7-9-31-15-16-32(45-31)18-20-39-19-5-2-6-21-41-37(44)34-11-4-3-10-33(34)36(40-41)28-13-14-29(24-42)30(23-28)25-43/h3-4,12-14,17,22-23,31-34,39,42-43H,2,5-11,15-16,18-21,24-25H2,1H3/t31?,32?,33?,34-/m1/s1. The maximum atomic E-state index is 14.0. The largest absolute Gasteiger partial charge is 0.392 e. The number of fused-ring (bicyclic) bond motifs is 1. The van der Waals surface area contributed by atoms with Gasteiger partial charge in [-0.25, -0.2) is 9.40 Å². The van der Waals surface area contributed by atoms with Gasteiger partial charge in [-0.1, -0.05) is 48.4 Å². The molecule has 8 heteroatoms. The summed E-state index contributed by atoms with van der Waals surface area (Å²) in [6.07, 6.45) is 15.2. The molecular weight excluding hydrogens is 569 g/mol. The number of nitrogens with zero attached hydrogens (tertiary/aromatic N) is 2. The molecule has 0 radical (unpaired) electrons. The van der Waals surface area contributed by atoms with Crippen LogP contribution in [-0.4, -0.2) is 58.7 Å². The average Bonchev–Trinajstić information content (AvgIpc) is 3.52. The van der Waals surface area contributed by atoms with Crippen molar-refractivity contribution in [3.8, 4) is 0 Å². The van der Waals surface area contributed by atoms with Crippen molar-refractivity contribution in [2.75, 3.05) is 19.6 Å². The Morgan fingerprint density at radius 3 is 2.47 bits per heavy atom. The zero-order chi connectivity index (χ0) is 31.6. The Kier molecular flexibility index (Phi) is 12.3. The van der Waals surface area contributed by atoms with Gasteiger partial charge in [0.25, 0.3) is 0 Å². The van der Waals surface area contributed by atoms with Crippen LogP contribution in [0, 0.1) is 24.6 Å². The van der Waals surface area contributed by atoms with Crippen LogP contribution in [0.3, 0.4) is 0 Å². The number of halogens is 1. The molecule has 244 valence electrons. The van der Waals surface area contributed by atoms with Crippen molar-refractivity contribution in [3.63, 3.8) is 0 Å². The van der Waals surface area contributed by atoms with Gasteiger partial charge in [-0.2, -0.15) is 5.10 Å². The van der Waals surface area contributed by atoms with Gasteiger partial charge in [-0.3, -0.25) is 4.79 Å². The predicted octanol–water partition coefficient (Wildman–Crippen LogP) is 5.97.